The number of allylic oxidation sites excluding steroid dienone is 1. The van der Waals surface area contributed by atoms with Crippen molar-refractivity contribution in [2.75, 3.05) is 0 Å². The van der Waals surface area contributed by atoms with Crippen LogP contribution in [-0.4, -0.2) is 0 Å². The molecule has 0 aliphatic heterocycles. The first-order chi connectivity index (χ1) is 5.74. The smallest absolute Gasteiger partial charge is 0.103 e. The highest BCUT2D eigenvalue weighted by molar-refractivity contribution is 8.08. The van der Waals surface area contributed by atoms with Gasteiger partial charge in [0.25, 0.3) is 0 Å². The van der Waals surface area contributed by atoms with Crippen LogP contribution in [0.15, 0.2) is 36.9 Å². The van der Waals surface area contributed by atoms with E-state index >= 15 is 0 Å². The Kier molecular flexibility index (Phi) is 4.08. The fourth-order valence-electron chi connectivity index (χ4n) is 0.911. The standard InChI is InChI=1S/C9H9Cl2P/c1-2-3-8-4-6-9(7-5-8)12(10)11/h2,4-7H,1,3H2. The van der Waals surface area contributed by atoms with Gasteiger partial charge >= 0.3 is 0 Å². The minimum atomic E-state index is -0.999. The molecule has 12 heavy (non-hydrogen) atoms. The molecular formula is C9H9Cl2P. The average Bonchev–Trinajstić information content (AvgIpc) is 2.06. The predicted octanol–water partition coefficient (Wildman–Crippen LogP) is 3.83. The maximum absolute atomic E-state index is 5.74. The van der Waals surface area contributed by atoms with E-state index in [1.165, 1.54) is 5.56 Å². The third-order valence-electron chi connectivity index (χ3n) is 1.51. The number of hydrogen-bond donors (Lipinski definition) is 0. The fourth-order valence-corrected chi connectivity index (χ4v) is 1.96. The Labute approximate surface area is 83.5 Å². The highest BCUT2D eigenvalue weighted by Gasteiger charge is 2.01. The van der Waals surface area contributed by atoms with Gasteiger partial charge in [-0.2, -0.15) is 0 Å². The van der Waals surface area contributed by atoms with Crippen LogP contribution in [-0.2, 0) is 6.42 Å². The second-order valence-electron chi connectivity index (χ2n) is 2.39. The SMILES string of the molecule is C=CCc1ccc(P(Cl)Cl)cc1. The predicted molar refractivity (Wildman–Crippen MR) is 58.6 cm³/mol. The van der Waals surface area contributed by atoms with Crippen molar-refractivity contribution in [1.29, 1.82) is 0 Å². The van der Waals surface area contributed by atoms with Crippen LogP contribution < -0.4 is 5.30 Å². The van der Waals surface area contributed by atoms with E-state index in [4.69, 9.17) is 22.5 Å². The molecule has 0 heterocycles. The van der Waals surface area contributed by atoms with Gasteiger partial charge in [-0.15, -0.1) is 6.58 Å². The quantitative estimate of drug-likeness (QED) is 0.535. The first kappa shape index (κ1) is 10.1. The molecule has 64 valence electrons. The summed E-state index contributed by atoms with van der Waals surface area (Å²) >= 11 is 11.5. The molecule has 1 aromatic carbocycles. The molecule has 0 saturated heterocycles. The van der Waals surface area contributed by atoms with Gasteiger partial charge in [-0.05, 0) is 12.0 Å². The molecule has 0 aliphatic carbocycles. The van der Waals surface area contributed by atoms with Gasteiger partial charge in [0.15, 0.2) is 0 Å². The second kappa shape index (κ2) is 4.87. The van der Waals surface area contributed by atoms with E-state index in [9.17, 15) is 0 Å². The molecule has 0 radical (unpaired) electrons. The average molecular weight is 219 g/mol. The Morgan fingerprint density at radius 1 is 1.25 bits per heavy atom. The lowest BCUT2D eigenvalue weighted by atomic mass is 10.2. The summed E-state index contributed by atoms with van der Waals surface area (Å²) in [7, 11) is 0. The number of benzene rings is 1. The summed E-state index contributed by atoms with van der Waals surface area (Å²) in [4.78, 5) is 0. The van der Waals surface area contributed by atoms with Crippen LogP contribution in [0.4, 0.5) is 0 Å². The van der Waals surface area contributed by atoms with Crippen molar-refractivity contribution in [1.82, 2.24) is 0 Å². The normalized spacial score (nSPS) is 10.2. The van der Waals surface area contributed by atoms with Crippen molar-refractivity contribution in [2.24, 2.45) is 0 Å². The van der Waals surface area contributed by atoms with Crippen LogP contribution in [0.2, 0.25) is 0 Å². The van der Waals surface area contributed by atoms with E-state index < -0.39 is 6.63 Å². The Hall–Kier alpha value is -0.0300. The van der Waals surface area contributed by atoms with Gasteiger partial charge in [-0.3, -0.25) is 0 Å². The summed E-state index contributed by atoms with van der Waals surface area (Å²) in [6, 6.07) is 7.98. The van der Waals surface area contributed by atoms with Crippen molar-refractivity contribution in [3.63, 3.8) is 0 Å². The molecule has 0 fully saturated rings. The van der Waals surface area contributed by atoms with Crippen LogP contribution >= 0.6 is 29.1 Å². The van der Waals surface area contributed by atoms with Gasteiger partial charge in [-0.1, -0.05) is 52.8 Å². The molecule has 1 rings (SSSR count). The molecule has 0 amide bonds. The van der Waals surface area contributed by atoms with Gasteiger partial charge in [0.2, 0.25) is 0 Å². The lowest BCUT2D eigenvalue weighted by Crippen LogP contribution is -1.93. The lowest BCUT2D eigenvalue weighted by molar-refractivity contribution is 1.28. The zero-order valence-corrected chi connectivity index (χ0v) is 8.91. The van der Waals surface area contributed by atoms with Crippen LogP contribution in [0.25, 0.3) is 0 Å². The molecule has 0 aromatic heterocycles. The largest absolute Gasteiger partial charge is 0.116 e. The van der Waals surface area contributed by atoms with Crippen LogP contribution in [0.5, 0.6) is 0 Å². The lowest BCUT2D eigenvalue weighted by Gasteiger charge is -2.01. The third-order valence-corrected chi connectivity index (χ3v) is 3.37. The third kappa shape index (κ3) is 2.79. The van der Waals surface area contributed by atoms with Gasteiger partial charge in [0.05, 0.1) is 0 Å². The minimum Gasteiger partial charge on any atom is -0.103 e. The number of rotatable bonds is 3. The molecule has 0 unspecified atom stereocenters. The Morgan fingerprint density at radius 2 is 1.83 bits per heavy atom. The molecular weight excluding hydrogens is 210 g/mol. The van der Waals surface area contributed by atoms with E-state index in [1.54, 1.807) is 0 Å². The summed E-state index contributed by atoms with van der Waals surface area (Å²) < 4.78 is 0. The number of halogens is 2. The molecule has 0 nitrogen and oxygen atoms in total. The minimum absolute atomic E-state index is 0.892. The molecule has 0 aliphatic rings. The van der Waals surface area contributed by atoms with Gasteiger partial charge in [0, 0.05) is 5.30 Å². The van der Waals surface area contributed by atoms with Crippen LogP contribution in [0.1, 0.15) is 5.56 Å². The number of hydrogen-bond acceptors (Lipinski definition) is 0. The summed E-state index contributed by atoms with van der Waals surface area (Å²) in [6.07, 6.45) is 2.77. The Balaban J connectivity index is 2.78. The molecule has 0 spiro atoms. The van der Waals surface area contributed by atoms with Crippen molar-refractivity contribution in [2.45, 2.75) is 6.42 Å². The first-order valence-corrected chi connectivity index (χ1v) is 6.70. The zero-order chi connectivity index (χ0) is 8.97. The highest BCUT2D eigenvalue weighted by Crippen LogP contribution is 2.45. The summed E-state index contributed by atoms with van der Waals surface area (Å²) in [5.41, 5.74) is 1.24. The first-order valence-electron chi connectivity index (χ1n) is 3.55. The molecule has 3 heteroatoms. The Bertz CT molecular complexity index is 254. The van der Waals surface area contributed by atoms with E-state index in [-0.39, 0.29) is 0 Å². The summed E-state index contributed by atoms with van der Waals surface area (Å²) in [5, 5.41) is 1.00. The van der Waals surface area contributed by atoms with Gasteiger partial charge in [0.1, 0.15) is 6.63 Å². The van der Waals surface area contributed by atoms with Crippen molar-refractivity contribution >= 4 is 34.4 Å². The highest BCUT2D eigenvalue weighted by atomic mass is 35.9. The van der Waals surface area contributed by atoms with Crippen molar-refractivity contribution in [3.05, 3.63) is 42.5 Å². The van der Waals surface area contributed by atoms with Crippen molar-refractivity contribution < 1.29 is 0 Å². The van der Waals surface area contributed by atoms with E-state index in [0.29, 0.717) is 0 Å². The molecule has 0 saturated carbocycles. The summed E-state index contributed by atoms with van der Waals surface area (Å²) in [5.74, 6) is 0. The fraction of sp³-hybridized carbons (Fsp3) is 0.111. The van der Waals surface area contributed by atoms with Gasteiger partial charge < -0.3 is 0 Å². The van der Waals surface area contributed by atoms with Crippen molar-refractivity contribution in [3.8, 4) is 0 Å². The molecule has 0 N–H and O–H groups in total. The zero-order valence-electron chi connectivity index (χ0n) is 6.50. The maximum atomic E-state index is 5.74. The van der Waals surface area contributed by atoms with E-state index in [0.717, 1.165) is 11.7 Å². The molecule has 0 atom stereocenters. The Morgan fingerprint density at radius 3 is 2.25 bits per heavy atom. The van der Waals surface area contributed by atoms with E-state index in [1.807, 2.05) is 30.3 Å². The molecule has 1 aromatic rings. The summed E-state index contributed by atoms with van der Waals surface area (Å²) in [6.45, 7) is 2.67. The van der Waals surface area contributed by atoms with E-state index in [2.05, 4.69) is 6.58 Å². The monoisotopic (exact) mass is 218 g/mol. The maximum Gasteiger partial charge on any atom is 0.116 e. The van der Waals surface area contributed by atoms with Crippen LogP contribution in [0, 0.1) is 0 Å². The van der Waals surface area contributed by atoms with Crippen LogP contribution in [0.3, 0.4) is 0 Å². The second-order valence-corrected chi connectivity index (χ2v) is 5.92. The molecule has 0 bridgehead atoms. The van der Waals surface area contributed by atoms with Gasteiger partial charge in [-0.25, -0.2) is 0 Å². The topological polar surface area (TPSA) is 0 Å².